The molecule has 2 N–H and O–H groups in total. The van der Waals surface area contributed by atoms with E-state index in [1.165, 1.54) is 28.6 Å². The molecule has 3 atom stereocenters. The van der Waals surface area contributed by atoms with Crippen molar-refractivity contribution in [3.05, 3.63) is 60.2 Å². The summed E-state index contributed by atoms with van der Waals surface area (Å²) in [5.74, 6) is -0.461. The van der Waals surface area contributed by atoms with Gasteiger partial charge in [-0.3, -0.25) is 14.5 Å². The maximum Gasteiger partial charge on any atom is 0.325 e. The van der Waals surface area contributed by atoms with Crippen LogP contribution in [0.25, 0.3) is 0 Å². The molecule has 2 aliphatic heterocycles. The third-order valence-corrected chi connectivity index (χ3v) is 8.73. The molecule has 2 heterocycles. The standard InChI is InChI=1S/C26H32N4O5S/c1-4-26(20-8-6-5-7-9-20)24(32)30(25(33)28-26)17-23(31)27-21-10-12-22(13-11-21)36(34,35)29-15-18(2)14-19(3)16-29/h5-13,18-19H,4,14-17H2,1-3H3,(H,27,31)(H,28,33)/t18-,19-,26-/m0/s1. The first-order chi connectivity index (χ1) is 17.1. The Morgan fingerprint density at radius 3 is 2.22 bits per heavy atom. The largest absolute Gasteiger partial charge is 0.325 e. The molecule has 2 saturated heterocycles. The third kappa shape index (κ3) is 4.87. The van der Waals surface area contributed by atoms with Crippen LogP contribution >= 0.6 is 0 Å². The molecule has 2 aliphatic rings. The minimum absolute atomic E-state index is 0.159. The molecule has 2 aromatic rings. The quantitative estimate of drug-likeness (QED) is 0.553. The van der Waals surface area contributed by atoms with Crippen molar-refractivity contribution in [2.24, 2.45) is 11.8 Å². The Morgan fingerprint density at radius 2 is 1.64 bits per heavy atom. The number of hydrogen-bond donors (Lipinski definition) is 2. The number of nitrogens with one attached hydrogen (secondary N) is 2. The molecule has 192 valence electrons. The van der Waals surface area contributed by atoms with E-state index in [-0.39, 0.29) is 4.90 Å². The van der Waals surface area contributed by atoms with Crippen LogP contribution in [-0.4, -0.2) is 55.1 Å². The van der Waals surface area contributed by atoms with Crippen molar-refractivity contribution in [3.63, 3.8) is 0 Å². The number of benzene rings is 2. The van der Waals surface area contributed by atoms with E-state index in [0.29, 0.717) is 42.6 Å². The predicted molar refractivity (Wildman–Crippen MR) is 135 cm³/mol. The highest BCUT2D eigenvalue weighted by molar-refractivity contribution is 7.89. The first kappa shape index (κ1) is 25.8. The van der Waals surface area contributed by atoms with Crippen LogP contribution in [0.5, 0.6) is 0 Å². The van der Waals surface area contributed by atoms with Gasteiger partial charge in [0.25, 0.3) is 5.91 Å². The monoisotopic (exact) mass is 512 g/mol. The summed E-state index contributed by atoms with van der Waals surface area (Å²) in [5.41, 5.74) is -0.183. The lowest BCUT2D eigenvalue weighted by Crippen LogP contribution is -2.44. The van der Waals surface area contributed by atoms with Crippen molar-refractivity contribution in [1.82, 2.24) is 14.5 Å². The Labute approximate surface area is 211 Å². The highest BCUT2D eigenvalue weighted by Crippen LogP contribution is 2.32. The number of urea groups is 1. The molecule has 0 aromatic heterocycles. The zero-order chi connectivity index (χ0) is 26.1. The lowest BCUT2D eigenvalue weighted by molar-refractivity contribution is -0.134. The van der Waals surface area contributed by atoms with Crippen LogP contribution < -0.4 is 10.6 Å². The number of hydrogen-bond acceptors (Lipinski definition) is 5. The minimum atomic E-state index is -3.63. The summed E-state index contributed by atoms with van der Waals surface area (Å²) in [6.45, 7) is 6.41. The number of sulfonamides is 1. The zero-order valence-electron chi connectivity index (χ0n) is 20.7. The maximum absolute atomic E-state index is 13.2. The fraction of sp³-hybridized carbons (Fsp3) is 0.423. The van der Waals surface area contributed by atoms with E-state index in [4.69, 9.17) is 0 Å². The Bertz CT molecular complexity index is 1240. The SMILES string of the molecule is CC[C@@]1(c2ccccc2)NC(=O)N(CC(=O)Nc2ccc(S(=O)(=O)N3C[C@@H](C)C[C@H](C)C3)cc2)C1=O. The fourth-order valence-electron chi connectivity index (χ4n) is 5.14. The summed E-state index contributed by atoms with van der Waals surface area (Å²) >= 11 is 0. The molecule has 0 saturated carbocycles. The fourth-order valence-corrected chi connectivity index (χ4v) is 6.82. The van der Waals surface area contributed by atoms with Crippen molar-refractivity contribution < 1.29 is 22.8 Å². The molecule has 10 heteroatoms. The number of imide groups is 1. The predicted octanol–water partition coefficient (Wildman–Crippen LogP) is 3.15. The molecule has 0 aliphatic carbocycles. The van der Waals surface area contributed by atoms with Gasteiger partial charge in [0, 0.05) is 18.8 Å². The second-order valence-corrected chi connectivity index (χ2v) is 11.7. The smallest absolute Gasteiger partial charge is 0.325 e. The van der Waals surface area contributed by atoms with Crippen LogP contribution in [0, 0.1) is 11.8 Å². The third-order valence-electron chi connectivity index (χ3n) is 6.89. The Kier molecular flexibility index (Phi) is 7.19. The number of piperidine rings is 1. The van der Waals surface area contributed by atoms with Crippen LogP contribution in [0.4, 0.5) is 10.5 Å². The van der Waals surface area contributed by atoms with Crippen molar-refractivity contribution in [2.75, 3.05) is 25.0 Å². The van der Waals surface area contributed by atoms with Gasteiger partial charge in [0.1, 0.15) is 12.1 Å². The molecule has 0 spiro atoms. The molecule has 9 nitrogen and oxygen atoms in total. The number of rotatable bonds is 7. The second kappa shape index (κ2) is 10.0. The van der Waals surface area contributed by atoms with Crippen LogP contribution in [0.1, 0.15) is 39.2 Å². The average Bonchev–Trinajstić information content (AvgIpc) is 3.09. The molecule has 36 heavy (non-hydrogen) atoms. The van der Waals surface area contributed by atoms with E-state index in [0.717, 1.165) is 11.3 Å². The second-order valence-electron chi connectivity index (χ2n) is 9.79. The highest BCUT2D eigenvalue weighted by Gasteiger charge is 2.51. The Hall–Kier alpha value is -3.24. The normalized spacial score (nSPS) is 25.0. The van der Waals surface area contributed by atoms with Crippen molar-refractivity contribution >= 4 is 33.6 Å². The van der Waals surface area contributed by atoms with Gasteiger partial charge in [0.05, 0.1) is 4.90 Å². The van der Waals surface area contributed by atoms with Gasteiger partial charge in [0.2, 0.25) is 15.9 Å². The molecule has 0 bridgehead atoms. The van der Waals surface area contributed by atoms with Gasteiger partial charge in [-0.25, -0.2) is 13.2 Å². The van der Waals surface area contributed by atoms with Gasteiger partial charge in [-0.1, -0.05) is 51.1 Å². The van der Waals surface area contributed by atoms with E-state index in [9.17, 15) is 22.8 Å². The van der Waals surface area contributed by atoms with Crippen LogP contribution in [0.15, 0.2) is 59.5 Å². The van der Waals surface area contributed by atoms with E-state index >= 15 is 0 Å². The molecule has 0 unspecified atom stereocenters. The maximum atomic E-state index is 13.2. The van der Waals surface area contributed by atoms with E-state index in [1.54, 1.807) is 31.2 Å². The van der Waals surface area contributed by atoms with Crippen molar-refractivity contribution in [3.8, 4) is 0 Å². The zero-order valence-corrected chi connectivity index (χ0v) is 21.5. The molecule has 2 fully saturated rings. The summed E-state index contributed by atoms with van der Waals surface area (Å²) in [4.78, 5) is 39.6. The highest BCUT2D eigenvalue weighted by atomic mass is 32.2. The van der Waals surface area contributed by atoms with Crippen LogP contribution in [0.3, 0.4) is 0 Å². The minimum Gasteiger partial charge on any atom is -0.325 e. The van der Waals surface area contributed by atoms with Crippen LogP contribution in [0.2, 0.25) is 0 Å². The topological polar surface area (TPSA) is 116 Å². The number of amides is 4. The van der Waals surface area contributed by atoms with Gasteiger partial charge in [-0.15, -0.1) is 0 Å². The molecule has 0 radical (unpaired) electrons. The van der Waals surface area contributed by atoms with Gasteiger partial charge >= 0.3 is 6.03 Å². The van der Waals surface area contributed by atoms with E-state index in [1.807, 2.05) is 19.9 Å². The molecule has 2 aromatic carbocycles. The summed E-state index contributed by atoms with van der Waals surface area (Å²) in [6, 6.07) is 14.2. The van der Waals surface area contributed by atoms with E-state index < -0.39 is 40.0 Å². The summed E-state index contributed by atoms with van der Waals surface area (Å²) in [5, 5.41) is 5.40. The first-order valence-electron chi connectivity index (χ1n) is 12.2. The molecular formula is C26H32N4O5S. The Morgan fingerprint density at radius 1 is 1.03 bits per heavy atom. The average molecular weight is 513 g/mol. The van der Waals surface area contributed by atoms with E-state index in [2.05, 4.69) is 10.6 Å². The lowest BCUT2D eigenvalue weighted by atomic mass is 9.87. The number of anilines is 1. The van der Waals surface area contributed by atoms with Gasteiger partial charge in [0.15, 0.2) is 0 Å². The molecular weight excluding hydrogens is 480 g/mol. The summed E-state index contributed by atoms with van der Waals surface area (Å²) in [7, 11) is -3.63. The molecule has 4 amide bonds. The van der Waals surface area contributed by atoms with Gasteiger partial charge < -0.3 is 10.6 Å². The van der Waals surface area contributed by atoms with Gasteiger partial charge in [-0.05, 0) is 54.5 Å². The van der Waals surface area contributed by atoms with Crippen molar-refractivity contribution in [2.45, 2.75) is 44.0 Å². The number of carbonyl (C=O) groups is 3. The lowest BCUT2D eigenvalue weighted by Gasteiger charge is -2.34. The van der Waals surface area contributed by atoms with Crippen LogP contribution in [-0.2, 0) is 25.2 Å². The van der Waals surface area contributed by atoms with Gasteiger partial charge in [-0.2, -0.15) is 4.31 Å². The van der Waals surface area contributed by atoms with Crippen molar-refractivity contribution in [1.29, 1.82) is 0 Å². The molecule has 4 rings (SSSR count). The summed E-state index contributed by atoms with van der Waals surface area (Å²) < 4.78 is 27.7. The number of nitrogens with zero attached hydrogens (tertiary/aromatic N) is 2. The summed E-state index contributed by atoms with van der Waals surface area (Å²) in [6.07, 6.45) is 1.34. The first-order valence-corrected chi connectivity index (χ1v) is 13.6. The Balaban J connectivity index is 1.43. The number of carbonyl (C=O) groups excluding carboxylic acids is 3.